The molecule has 0 radical (unpaired) electrons. The van der Waals surface area contributed by atoms with Crippen LogP contribution in [0.4, 0.5) is 0 Å². The van der Waals surface area contributed by atoms with E-state index in [0.717, 1.165) is 5.69 Å². The molecule has 0 saturated heterocycles. The summed E-state index contributed by atoms with van der Waals surface area (Å²) in [6.45, 7) is 0. The zero-order valence-electron chi connectivity index (χ0n) is 27.2. The molecule has 2 aromatic heterocycles. The first-order chi connectivity index (χ1) is 24.8. The van der Waals surface area contributed by atoms with Gasteiger partial charge in [0.1, 0.15) is 0 Å². The number of hydrogen-bond donors (Lipinski definition) is 1. The highest BCUT2D eigenvalue weighted by atomic mass is 15.0. The molecular weight excluding hydrogens is 605 g/mol. The smallest absolute Gasteiger partial charge is 0.0720 e. The van der Waals surface area contributed by atoms with E-state index in [1.54, 1.807) is 0 Å². The predicted octanol–water partition coefficient (Wildman–Crippen LogP) is 13.1. The van der Waals surface area contributed by atoms with Gasteiger partial charge in [0.15, 0.2) is 0 Å². The van der Waals surface area contributed by atoms with Crippen molar-refractivity contribution in [3.8, 4) is 61.3 Å². The van der Waals surface area contributed by atoms with Crippen molar-refractivity contribution in [2.75, 3.05) is 0 Å². The van der Waals surface area contributed by atoms with E-state index in [2.05, 4.69) is 179 Å². The van der Waals surface area contributed by atoms with Crippen molar-refractivity contribution in [1.29, 1.82) is 0 Å². The minimum Gasteiger partial charge on any atom is -0.359 e. The monoisotopic (exact) mass is 634 g/mol. The highest BCUT2D eigenvalue weighted by Gasteiger charge is 2.31. The Bertz CT molecular complexity index is 2870. The summed E-state index contributed by atoms with van der Waals surface area (Å²) in [7, 11) is 0. The summed E-state index contributed by atoms with van der Waals surface area (Å²) in [4.78, 5) is 3.47. The number of aromatic nitrogens is 2. The highest BCUT2D eigenvalue weighted by molar-refractivity contribution is 6.28. The van der Waals surface area contributed by atoms with Crippen LogP contribution in [0, 0.1) is 0 Å². The van der Waals surface area contributed by atoms with Gasteiger partial charge in [-0.2, -0.15) is 0 Å². The zero-order valence-corrected chi connectivity index (χ0v) is 27.2. The van der Waals surface area contributed by atoms with E-state index >= 15 is 0 Å². The standard InChI is InChI=1S/C48H30N2/c1-3-13-30(14-4-1)43-36-19-7-8-20-37(36)44(31-15-5-2-6-16-31)47-40-26-25-34(35-22-12-23-39(45(35)40)46(43)47)32-17-11-18-33(29-32)50-41-24-10-9-21-38(41)48-42(50)27-28-49-48/h1-29,49H. The summed E-state index contributed by atoms with van der Waals surface area (Å²) in [5.74, 6) is 0. The Morgan fingerprint density at radius 1 is 0.360 bits per heavy atom. The van der Waals surface area contributed by atoms with E-state index in [4.69, 9.17) is 0 Å². The number of nitrogens with one attached hydrogen (secondary N) is 1. The Hall–Kier alpha value is -6.64. The third kappa shape index (κ3) is 3.73. The molecule has 10 aromatic rings. The van der Waals surface area contributed by atoms with Crippen LogP contribution in [-0.2, 0) is 0 Å². The van der Waals surface area contributed by atoms with Gasteiger partial charge in [-0.1, -0.05) is 146 Å². The Morgan fingerprint density at radius 3 is 1.64 bits per heavy atom. The fourth-order valence-electron chi connectivity index (χ4n) is 8.73. The second-order valence-corrected chi connectivity index (χ2v) is 13.3. The first-order valence-electron chi connectivity index (χ1n) is 17.3. The molecular formula is C48H30N2. The van der Waals surface area contributed by atoms with E-state index in [-0.39, 0.29) is 0 Å². The normalized spacial score (nSPS) is 12.0. The molecule has 2 heteroatoms. The number of rotatable bonds is 4. The number of nitrogens with zero attached hydrogens (tertiary/aromatic N) is 1. The zero-order chi connectivity index (χ0) is 32.8. The molecule has 1 aliphatic rings. The van der Waals surface area contributed by atoms with Crippen molar-refractivity contribution < 1.29 is 0 Å². The minimum absolute atomic E-state index is 1.16. The quantitative estimate of drug-likeness (QED) is 0.199. The predicted molar refractivity (Wildman–Crippen MR) is 211 cm³/mol. The minimum atomic E-state index is 1.16. The number of para-hydroxylation sites is 1. The summed E-state index contributed by atoms with van der Waals surface area (Å²) in [6, 6.07) is 62.3. The third-order valence-corrected chi connectivity index (χ3v) is 10.7. The number of fused-ring (bicyclic) bond motifs is 7. The molecule has 232 valence electrons. The Labute approximate surface area is 289 Å². The maximum Gasteiger partial charge on any atom is 0.0720 e. The molecule has 0 amide bonds. The molecule has 1 aliphatic carbocycles. The Kier molecular flexibility index (Phi) is 5.70. The summed E-state index contributed by atoms with van der Waals surface area (Å²) >= 11 is 0. The van der Waals surface area contributed by atoms with E-state index in [0.29, 0.717) is 0 Å². The lowest BCUT2D eigenvalue weighted by Gasteiger charge is -2.20. The molecule has 0 saturated carbocycles. The van der Waals surface area contributed by atoms with Crippen LogP contribution in [0.5, 0.6) is 0 Å². The second-order valence-electron chi connectivity index (χ2n) is 13.3. The van der Waals surface area contributed by atoms with Crippen molar-refractivity contribution in [3.05, 3.63) is 176 Å². The van der Waals surface area contributed by atoms with Crippen molar-refractivity contribution in [1.82, 2.24) is 9.55 Å². The van der Waals surface area contributed by atoms with Gasteiger partial charge in [-0.15, -0.1) is 0 Å². The van der Waals surface area contributed by atoms with Gasteiger partial charge in [0.25, 0.3) is 0 Å². The fraction of sp³-hybridized carbons (Fsp3) is 0. The first-order valence-corrected chi connectivity index (χ1v) is 17.3. The highest BCUT2D eigenvalue weighted by Crippen LogP contribution is 2.58. The molecule has 0 atom stereocenters. The maximum absolute atomic E-state index is 3.47. The number of benzene rings is 8. The SMILES string of the molecule is c1ccc(-c2c3c(c(-c4ccccc4)c4ccccc24)-c2ccc(-c4cccc(-n5c6ccccc6c6[nH]ccc65)c4)c4cccc-3c24)cc1. The van der Waals surface area contributed by atoms with Gasteiger partial charge < -0.3 is 9.55 Å². The average Bonchev–Trinajstić information content (AvgIpc) is 3.87. The molecule has 0 fully saturated rings. The average molecular weight is 635 g/mol. The summed E-state index contributed by atoms with van der Waals surface area (Å²) in [5.41, 5.74) is 17.5. The number of hydrogen-bond acceptors (Lipinski definition) is 0. The van der Waals surface area contributed by atoms with Gasteiger partial charge in [-0.3, -0.25) is 0 Å². The molecule has 0 spiro atoms. The first kappa shape index (κ1) is 27.3. The van der Waals surface area contributed by atoms with Crippen molar-refractivity contribution in [3.63, 3.8) is 0 Å². The van der Waals surface area contributed by atoms with E-state index in [1.165, 1.54) is 99.1 Å². The van der Waals surface area contributed by atoms with E-state index < -0.39 is 0 Å². The summed E-state index contributed by atoms with van der Waals surface area (Å²) in [5, 5.41) is 6.40. The van der Waals surface area contributed by atoms with Crippen LogP contribution < -0.4 is 0 Å². The molecule has 1 N–H and O–H groups in total. The van der Waals surface area contributed by atoms with Gasteiger partial charge in [-0.25, -0.2) is 0 Å². The largest absolute Gasteiger partial charge is 0.359 e. The second kappa shape index (κ2) is 10.4. The van der Waals surface area contributed by atoms with Crippen molar-refractivity contribution in [2.45, 2.75) is 0 Å². The van der Waals surface area contributed by atoms with Gasteiger partial charge in [0.2, 0.25) is 0 Å². The van der Waals surface area contributed by atoms with Gasteiger partial charge >= 0.3 is 0 Å². The molecule has 11 rings (SSSR count). The van der Waals surface area contributed by atoms with E-state index in [1.807, 2.05) is 6.20 Å². The van der Waals surface area contributed by atoms with Crippen LogP contribution in [0.15, 0.2) is 176 Å². The summed E-state index contributed by atoms with van der Waals surface area (Å²) in [6.07, 6.45) is 2.04. The van der Waals surface area contributed by atoms with Crippen LogP contribution in [0.2, 0.25) is 0 Å². The van der Waals surface area contributed by atoms with Crippen LogP contribution in [0.25, 0.3) is 105 Å². The summed E-state index contributed by atoms with van der Waals surface area (Å²) < 4.78 is 2.38. The van der Waals surface area contributed by atoms with Gasteiger partial charge in [-0.05, 0) is 101 Å². The molecule has 50 heavy (non-hydrogen) atoms. The number of H-pyrrole nitrogens is 1. The Balaban J connectivity index is 1.20. The van der Waals surface area contributed by atoms with Crippen molar-refractivity contribution >= 4 is 43.5 Å². The van der Waals surface area contributed by atoms with Crippen LogP contribution in [0.3, 0.4) is 0 Å². The molecule has 0 aliphatic heterocycles. The van der Waals surface area contributed by atoms with Crippen LogP contribution in [0.1, 0.15) is 0 Å². The Morgan fingerprint density at radius 2 is 0.920 bits per heavy atom. The van der Waals surface area contributed by atoms with Crippen LogP contribution >= 0.6 is 0 Å². The molecule has 2 nitrogen and oxygen atoms in total. The van der Waals surface area contributed by atoms with Crippen molar-refractivity contribution in [2.24, 2.45) is 0 Å². The third-order valence-electron chi connectivity index (χ3n) is 10.7. The fourth-order valence-corrected chi connectivity index (χ4v) is 8.73. The van der Waals surface area contributed by atoms with Gasteiger partial charge in [0.05, 0.1) is 16.6 Å². The topological polar surface area (TPSA) is 20.7 Å². The van der Waals surface area contributed by atoms with E-state index in [9.17, 15) is 0 Å². The molecule has 0 unspecified atom stereocenters. The molecule has 8 aromatic carbocycles. The van der Waals surface area contributed by atoms with Crippen LogP contribution in [-0.4, -0.2) is 9.55 Å². The lowest BCUT2D eigenvalue weighted by atomic mass is 9.82. The van der Waals surface area contributed by atoms with Gasteiger partial charge in [0, 0.05) is 17.3 Å². The lowest BCUT2D eigenvalue weighted by Crippen LogP contribution is -1.94. The molecule has 0 bridgehead atoms. The molecule has 2 heterocycles. The number of aromatic amines is 1. The maximum atomic E-state index is 3.47. The lowest BCUT2D eigenvalue weighted by molar-refractivity contribution is 1.18.